The van der Waals surface area contributed by atoms with E-state index in [1.54, 1.807) is 18.2 Å². The molecule has 24 heavy (non-hydrogen) atoms. The van der Waals surface area contributed by atoms with Crippen LogP contribution < -0.4 is 10.0 Å². The second-order valence-corrected chi connectivity index (χ2v) is 7.47. The molecule has 2 N–H and O–H groups in total. The van der Waals surface area contributed by atoms with Gasteiger partial charge in [-0.1, -0.05) is 18.2 Å². The van der Waals surface area contributed by atoms with Crippen LogP contribution in [0.1, 0.15) is 13.3 Å². The molecule has 7 nitrogen and oxygen atoms in total. The smallest absolute Gasteiger partial charge is 0.241 e. The summed E-state index contributed by atoms with van der Waals surface area (Å²) in [7, 11) is -3.69. The van der Waals surface area contributed by atoms with Crippen molar-refractivity contribution in [2.45, 2.75) is 24.3 Å². The number of ether oxygens (including phenoxy) is 1. The molecular formula is C16H25N3O4S. The molecule has 1 aliphatic rings. The Morgan fingerprint density at radius 1 is 1.25 bits per heavy atom. The minimum absolute atomic E-state index is 0.150. The predicted octanol–water partition coefficient (Wildman–Crippen LogP) is 0.192. The van der Waals surface area contributed by atoms with Gasteiger partial charge in [-0.2, -0.15) is 4.72 Å². The van der Waals surface area contributed by atoms with E-state index in [1.165, 1.54) is 19.1 Å². The number of nitrogens with zero attached hydrogens (tertiary/aromatic N) is 1. The summed E-state index contributed by atoms with van der Waals surface area (Å²) < 4.78 is 32.0. The summed E-state index contributed by atoms with van der Waals surface area (Å²) in [6.07, 6.45) is 0.823. The Morgan fingerprint density at radius 2 is 1.92 bits per heavy atom. The molecule has 1 fully saturated rings. The molecule has 1 atom stereocenters. The summed E-state index contributed by atoms with van der Waals surface area (Å²) in [5.41, 5.74) is 0. The largest absolute Gasteiger partial charge is 0.379 e. The zero-order valence-corrected chi connectivity index (χ0v) is 14.7. The number of hydrogen-bond acceptors (Lipinski definition) is 5. The first-order valence-corrected chi connectivity index (χ1v) is 9.62. The zero-order valence-electron chi connectivity index (χ0n) is 13.9. The number of hydrogen-bond donors (Lipinski definition) is 2. The Morgan fingerprint density at radius 3 is 2.58 bits per heavy atom. The highest BCUT2D eigenvalue weighted by atomic mass is 32.2. The summed E-state index contributed by atoms with van der Waals surface area (Å²) in [5.74, 6) is -0.323. The predicted molar refractivity (Wildman–Crippen MR) is 91.1 cm³/mol. The topological polar surface area (TPSA) is 87.7 Å². The van der Waals surface area contributed by atoms with E-state index in [2.05, 4.69) is 14.9 Å². The molecule has 0 saturated carbocycles. The van der Waals surface area contributed by atoms with Gasteiger partial charge >= 0.3 is 0 Å². The van der Waals surface area contributed by atoms with Gasteiger partial charge < -0.3 is 10.1 Å². The number of nitrogens with one attached hydrogen (secondary N) is 2. The average Bonchev–Trinajstić information content (AvgIpc) is 2.60. The zero-order chi connectivity index (χ0) is 17.4. The second kappa shape index (κ2) is 9.12. The van der Waals surface area contributed by atoms with Crippen LogP contribution in [0, 0.1) is 0 Å². The Bertz CT molecular complexity index is 615. The fraction of sp³-hybridized carbons (Fsp3) is 0.562. The normalized spacial score (nSPS) is 17.4. The first kappa shape index (κ1) is 18.9. The van der Waals surface area contributed by atoms with E-state index < -0.39 is 16.1 Å². The van der Waals surface area contributed by atoms with Crippen molar-refractivity contribution in [1.29, 1.82) is 0 Å². The van der Waals surface area contributed by atoms with Crippen LogP contribution in [-0.2, 0) is 19.6 Å². The van der Waals surface area contributed by atoms with Crippen molar-refractivity contribution in [3.63, 3.8) is 0 Å². The van der Waals surface area contributed by atoms with Crippen LogP contribution in [0.25, 0.3) is 0 Å². The first-order valence-electron chi connectivity index (χ1n) is 8.14. The number of benzene rings is 1. The van der Waals surface area contributed by atoms with Gasteiger partial charge in [0.05, 0.1) is 24.2 Å². The van der Waals surface area contributed by atoms with Crippen LogP contribution >= 0.6 is 0 Å². The van der Waals surface area contributed by atoms with Crippen LogP contribution in [0.3, 0.4) is 0 Å². The Labute approximate surface area is 143 Å². The van der Waals surface area contributed by atoms with Gasteiger partial charge in [0.25, 0.3) is 0 Å². The minimum atomic E-state index is -3.69. The molecule has 1 heterocycles. The highest BCUT2D eigenvalue weighted by Crippen LogP contribution is 2.07. The molecule has 8 heteroatoms. The molecule has 1 aromatic carbocycles. The molecule has 0 unspecified atom stereocenters. The van der Waals surface area contributed by atoms with Gasteiger partial charge in [-0.15, -0.1) is 0 Å². The number of morpholine rings is 1. The van der Waals surface area contributed by atoms with Crippen LogP contribution in [-0.4, -0.2) is 64.7 Å². The second-order valence-electron chi connectivity index (χ2n) is 5.75. The summed E-state index contributed by atoms with van der Waals surface area (Å²) >= 11 is 0. The van der Waals surface area contributed by atoms with Gasteiger partial charge in [0.2, 0.25) is 15.9 Å². The number of carbonyl (C=O) groups excluding carboxylic acids is 1. The van der Waals surface area contributed by atoms with Crippen molar-refractivity contribution in [2.24, 2.45) is 0 Å². The number of sulfonamides is 1. The molecular weight excluding hydrogens is 330 g/mol. The Hall–Kier alpha value is -1.48. The van der Waals surface area contributed by atoms with Gasteiger partial charge in [-0.05, 0) is 32.0 Å². The number of amides is 1. The van der Waals surface area contributed by atoms with Crippen LogP contribution in [0.5, 0.6) is 0 Å². The maximum atomic E-state index is 12.2. The summed E-state index contributed by atoms with van der Waals surface area (Å²) in [5, 5.41) is 2.77. The van der Waals surface area contributed by atoms with E-state index in [1.807, 2.05) is 0 Å². The summed E-state index contributed by atoms with van der Waals surface area (Å²) in [6, 6.07) is 7.20. The van der Waals surface area contributed by atoms with Crippen LogP contribution in [0.2, 0.25) is 0 Å². The molecule has 134 valence electrons. The van der Waals surface area contributed by atoms with Gasteiger partial charge in [-0.3, -0.25) is 9.69 Å². The molecule has 0 aromatic heterocycles. The van der Waals surface area contributed by atoms with E-state index in [9.17, 15) is 13.2 Å². The maximum Gasteiger partial charge on any atom is 0.241 e. The van der Waals surface area contributed by atoms with Crippen molar-refractivity contribution >= 4 is 15.9 Å². The van der Waals surface area contributed by atoms with Crippen LogP contribution in [0.15, 0.2) is 35.2 Å². The molecule has 1 saturated heterocycles. The molecule has 0 spiro atoms. The average molecular weight is 355 g/mol. The fourth-order valence-electron chi connectivity index (χ4n) is 2.45. The third-order valence-electron chi connectivity index (χ3n) is 3.83. The maximum absolute atomic E-state index is 12.2. The first-order chi connectivity index (χ1) is 11.5. The standard InChI is InChI=1S/C16H25N3O4S/c1-14(18-24(21,22)15-6-3-2-4-7-15)16(20)17-8-5-9-19-10-12-23-13-11-19/h2-4,6-7,14,18H,5,8-13H2,1H3,(H,17,20)/t14-/m0/s1. The molecule has 0 bridgehead atoms. The van der Waals surface area contributed by atoms with E-state index in [-0.39, 0.29) is 10.8 Å². The van der Waals surface area contributed by atoms with E-state index in [0.29, 0.717) is 6.54 Å². The summed E-state index contributed by atoms with van der Waals surface area (Å²) in [6.45, 7) is 6.30. The Kier molecular flexibility index (Phi) is 7.16. The van der Waals surface area contributed by atoms with E-state index >= 15 is 0 Å². The third-order valence-corrected chi connectivity index (χ3v) is 5.39. The fourth-order valence-corrected chi connectivity index (χ4v) is 3.67. The molecule has 1 amide bonds. The lowest BCUT2D eigenvalue weighted by molar-refractivity contribution is -0.122. The van der Waals surface area contributed by atoms with Crippen LogP contribution in [0.4, 0.5) is 0 Å². The lowest BCUT2D eigenvalue weighted by Gasteiger charge is -2.26. The van der Waals surface area contributed by atoms with Crippen molar-refractivity contribution in [3.8, 4) is 0 Å². The van der Waals surface area contributed by atoms with Gasteiger partial charge in [-0.25, -0.2) is 8.42 Å². The SMILES string of the molecule is C[C@H](NS(=O)(=O)c1ccccc1)C(=O)NCCCN1CCOCC1. The monoisotopic (exact) mass is 355 g/mol. The lowest BCUT2D eigenvalue weighted by Crippen LogP contribution is -2.45. The molecule has 2 rings (SSSR count). The molecule has 0 radical (unpaired) electrons. The van der Waals surface area contributed by atoms with Crippen molar-refractivity contribution in [2.75, 3.05) is 39.4 Å². The third kappa shape index (κ3) is 5.86. The number of rotatable bonds is 8. The highest BCUT2D eigenvalue weighted by Gasteiger charge is 2.21. The number of carbonyl (C=O) groups is 1. The quantitative estimate of drug-likeness (QED) is 0.650. The molecule has 1 aromatic rings. The van der Waals surface area contributed by atoms with E-state index in [0.717, 1.165) is 39.3 Å². The lowest BCUT2D eigenvalue weighted by atomic mass is 10.3. The summed E-state index contributed by atoms with van der Waals surface area (Å²) in [4.78, 5) is 14.5. The van der Waals surface area contributed by atoms with Crippen molar-refractivity contribution in [3.05, 3.63) is 30.3 Å². The molecule has 1 aliphatic heterocycles. The van der Waals surface area contributed by atoms with Gasteiger partial charge in [0.1, 0.15) is 0 Å². The highest BCUT2D eigenvalue weighted by molar-refractivity contribution is 7.89. The molecule has 0 aliphatic carbocycles. The van der Waals surface area contributed by atoms with E-state index in [4.69, 9.17) is 4.74 Å². The van der Waals surface area contributed by atoms with Crippen molar-refractivity contribution in [1.82, 2.24) is 14.9 Å². The van der Waals surface area contributed by atoms with Crippen molar-refractivity contribution < 1.29 is 17.9 Å². The van der Waals surface area contributed by atoms with Gasteiger partial charge in [0.15, 0.2) is 0 Å². The minimum Gasteiger partial charge on any atom is -0.379 e. The Balaban J connectivity index is 1.71. The van der Waals surface area contributed by atoms with Gasteiger partial charge in [0, 0.05) is 19.6 Å².